The van der Waals surface area contributed by atoms with Crippen LogP contribution in [0.5, 0.6) is 0 Å². The molecule has 0 amide bonds. The van der Waals surface area contributed by atoms with Gasteiger partial charge < -0.3 is 15.0 Å². The van der Waals surface area contributed by atoms with E-state index in [1.54, 1.807) is 0 Å². The molecule has 1 radical (unpaired) electrons. The minimum absolute atomic E-state index is 0. The number of hydrogen-bond donors (Lipinski definition) is 1. The van der Waals surface area contributed by atoms with Crippen molar-refractivity contribution in [3.63, 3.8) is 0 Å². The van der Waals surface area contributed by atoms with Crippen LogP contribution in [-0.4, -0.2) is 23.9 Å². The number of aliphatic hydroxyl groups excluding tert-OH is 1. The second-order valence-corrected chi connectivity index (χ2v) is 13.7. The number of benzene rings is 3. The van der Waals surface area contributed by atoms with E-state index in [0.29, 0.717) is 0 Å². The summed E-state index contributed by atoms with van der Waals surface area (Å²) in [5.74, 6) is -0.0625. The number of carbonyl (C=O) groups excluding carboxylic acids is 1. The number of carbonyl (C=O) groups is 1. The van der Waals surface area contributed by atoms with Crippen LogP contribution < -0.4 is 15.3 Å². The Bertz CT molecular complexity index is 1480. The molecule has 3 aromatic carbocycles. The van der Waals surface area contributed by atoms with Gasteiger partial charge >= 0.3 is 0 Å². The molecule has 6 heteroatoms. The van der Waals surface area contributed by atoms with Crippen molar-refractivity contribution in [3.8, 4) is 22.4 Å². The summed E-state index contributed by atoms with van der Waals surface area (Å²) in [7, 11) is -1.75. The molecule has 183 valence electrons. The van der Waals surface area contributed by atoms with Gasteiger partial charge in [0.1, 0.15) is 0 Å². The fourth-order valence-corrected chi connectivity index (χ4v) is 8.23. The molecular formula is C30H27IrN2O2Si-. The number of fused-ring (bicyclic) bond motifs is 2. The Morgan fingerprint density at radius 1 is 0.917 bits per heavy atom. The average molecular weight is 668 g/mol. The van der Waals surface area contributed by atoms with E-state index in [0.717, 1.165) is 22.6 Å². The molecule has 3 heterocycles. The first-order valence-electron chi connectivity index (χ1n) is 11.7. The number of aromatic nitrogens is 1. The van der Waals surface area contributed by atoms with E-state index in [1.807, 2.05) is 12.3 Å². The van der Waals surface area contributed by atoms with Crippen LogP contribution in [0.25, 0.3) is 22.4 Å². The smallest absolute Gasteiger partial charge is 0.155 e. The summed E-state index contributed by atoms with van der Waals surface area (Å²) in [5.41, 5.74) is 8.39. The topological polar surface area (TPSA) is 53.4 Å². The van der Waals surface area contributed by atoms with Crippen LogP contribution in [0.3, 0.4) is 0 Å². The van der Waals surface area contributed by atoms with Crippen molar-refractivity contribution in [2.24, 2.45) is 0 Å². The van der Waals surface area contributed by atoms with Crippen molar-refractivity contribution < 1.29 is 30.0 Å². The van der Waals surface area contributed by atoms with Crippen LogP contribution >= 0.6 is 0 Å². The van der Waals surface area contributed by atoms with Crippen molar-refractivity contribution in [2.45, 2.75) is 26.9 Å². The first-order valence-corrected chi connectivity index (χ1v) is 14.7. The Labute approximate surface area is 226 Å². The van der Waals surface area contributed by atoms with Crippen LogP contribution in [0.2, 0.25) is 13.1 Å². The zero-order valence-corrected chi connectivity index (χ0v) is 24.1. The van der Waals surface area contributed by atoms with Gasteiger partial charge in [-0.15, -0.1) is 28.9 Å². The van der Waals surface area contributed by atoms with Gasteiger partial charge in [-0.3, -0.25) is 4.79 Å². The fourth-order valence-electron chi connectivity index (χ4n) is 5.17. The summed E-state index contributed by atoms with van der Waals surface area (Å²) in [6.45, 7) is 7.76. The molecule has 0 atom stereocenters. The van der Waals surface area contributed by atoms with Crippen molar-refractivity contribution in [3.05, 3.63) is 96.9 Å². The molecule has 2 aliphatic rings. The Morgan fingerprint density at radius 2 is 1.61 bits per heavy atom. The summed E-state index contributed by atoms with van der Waals surface area (Å²) in [4.78, 5) is 17.2. The number of anilines is 3. The van der Waals surface area contributed by atoms with Crippen LogP contribution in [0, 0.1) is 6.07 Å². The van der Waals surface area contributed by atoms with Gasteiger partial charge in [-0.25, -0.2) is 0 Å². The molecule has 0 saturated carbocycles. The Balaban J connectivity index is 0.000000338. The molecule has 0 bridgehead atoms. The maximum absolute atomic E-state index is 10.0. The molecule has 0 saturated heterocycles. The minimum Gasteiger partial charge on any atom is -0.512 e. The maximum Gasteiger partial charge on any atom is 0.155 e. The number of aliphatic hydroxyl groups is 1. The van der Waals surface area contributed by atoms with E-state index < -0.39 is 8.07 Å². The molecular weight excluding hydrogens is 641 g/mol. The summed E-state index contributed by atoms with van der Waals surface area (Å²) in [6.07, 6.45) is 3.06. The molecule has 4 nitrogen and oxygen atoms in total. The molecule has 2 aliphatic heterocycles. The molecule has 0 spiro atoms. The van der Waals surface area contributed by atoms with E-state index in [1.165, 1.54) is 47.1 Å². The van der Waals surface area contributed by atoms with Gasteiger partial charge in [-0.05, 0) is 49.7 Å². The molecule has 1 aromatic heterocycles. The van der Waals surface area contributed by atoms with Crippen LogP contribution in [0.1, 0.15) is 13.8 Å². The van der Waals surface area contributed by atoms with E-state index in [4.69, 9.17) is 10.1 Å². The van der Waals surface area contributed by atoms with Crippen LogP contribution in [-0.2, 0) is 24.9 Å². The fraction of sp³-hybridized carbons (Fsp3) is 0.133. The number of hydrogen-bond acceptors (Lipinski definition) is 4. The molecule has 36 heavy (non-hydrogen) atoms. The third-order valence-corrected chi connectivity index (χ3v) is 10.1. The average Bonchev–Trinajstić information content (AvgIpc) is 2.99. The first-order chi connectivity index (χ1) is 16.8. The van der Waals surface area contributed by atoms with Gasteiger partial charge in [0.25, 0.3) is 0 Å². The summed E-state index contributed by atoms with van der Waals surface area (Å²) < 4.78 is 0. The van der Waals surface area contributed by atoms with Gasteiger partial charge in [-0.1, -0.05) is 54.2 Å². The summed E-state index contributed by atoms with van der Waals surface area (Å²) in [6, 6.07) is 29.5. The standard InChI is InChI=1S/C25H19N2Si.C5H8O2.Ir/c1-28(2)21-14-6-11-18-23(21)24-19(12-7-15-22(24)28)27(17-9-4-3-5-10-17)20-13-8-16-26-25(18)20;1-4(6)3-5(2)7;/h3-10,12-16H,1-2H3;3,6H,1-2H3;/q-1;;/b;4-3-;. The molecule has 4 aromatic rings. The minimum atomic E-state index is -1.75. The van der Waals surface area contributed by atoms with Crippen molar-refractivity contribution >= 4 is 41.3 Å². The molecule has 1 N–H and O–H groups in total. The second kappa shape index (κ2) is 9.98. The zero-order valence-electron chi connectivity index (χ0n) is 20.7. The summed E-state index contributed by atoms with van der Waals surface area (Å²) in [5, 5.41) is 11.4. The molecule has 0 unspecified atom stereocenters. The molecule has 6 rings (SSSR count). The predicted molar refractivity (Wildman–Crippen MR) is 146 cm³/mol. The third kappa shape index (κ3) is 4.26. The van der Waals surface area contributed by atoms with E-state index in [9.17, 15) is 4.79 Å². The number of pyridine rings is 1. The Kier molecular flexibility index (Phi) is 7.14. The van der Waals surface area contributed by atoms with Gasteiger partial charge in [0, 0.05) is 55.1 Å². The normalized spacial score (nSPS) is 13.9. The number of ketones is 1. The molecule has 0 aliphatic carbocycles. The molecule has 0 fully saturated rings. The SMILES string of the molecule is CC(=O)/C=C(/C)O.C[Si]1(C)c2cc[c-]c3c2-c2c(cccc21)N(c1ccccc1)c1cccnc1-3.[Ir]. The van der Waals surface area contributed by atoms with E-state index in [2.05, 4.69) is 90.8 Å². The van der Waals surface area contributed by atoms with Gasteiger partial charge in [-0.2, -0.15) is 0 Å². The number of nitrogens with zero attached hydrogens (tertiary/aromatic N) is 2. The van der Waals surface area contributed by atoms with E-state index in [-0.39, 0.29) is 31.6 Å². The number of allylic oxidation sites excluding steroid dienone is 2. The van der Waals surface area contributed by atoms with Crippen LogP contribution in [0.15, 0.2) is 90.8 Å². The largest absolute Gasteiger partial charge is 0.512 e. The zero-order chi connectivity index (χ0) is 24.7. The third-order valence-electron chi connectivity index (χ3n) is 6.57. The summed E-state index contributed by atoms with van der Waals surface area (Å²) >= 11 is 0. The van der Waals surface area contributed by atoms with Crippen molar-refractivity contribution in [2.75, 3.05) is 4.90 Å². The Hall–Kier alpha value is -3.31. The number of rotatable bonds is 2. The van der Waals surface area contributed by atoms with Crippen molar-refractivity contribution in [1.29, 1.82) is 0 Å². The number of para-hydroxylation sites is 1. The second-order valence-electron chi connectivity index (χ2n) is 9.40. The Morgan fingerprint density at radius 3 is 2.28 bits per heavy atom. The van der Waals surface area contributed by atoms with Crippen molar-refractivity contribution in [1.82, 2.24) is 4.98 Å². The van der Waals surface area contributed by atoms with Crippen LogP contribution in [0.4, 0.5) is 17.1 Å². The van der Waals surface area contributed by atoms with Gasteiger partial charge in [0.15, 0.2) is 5.78 Å². The quantitative estimate of drug-likeness (QED) is 0.106. The first kappa shape index (κ1) is 25.8. The maximum atomic E-state index is 10.0. The van der Waals surface area contributed by atoms with Gasteiger partial charge in [0.05, 0.1) is 13.8 Å². The monoisotopic (exact) mass is 668 g/mol. The van der Waals surface area contributed by atoms with Gasteiger partial charge in [0.2, 0.25) is 0 Å². The predicted octanol–water partition coefficient (Wildman–Crippen LogP) is 6.17. The van der Waals surface area contributed by atoms with E-state index >= 15 is 0 Å².